The molecule has 3 rings (SSSR count). The SMILES string of the molecule is CC(C)N1CCN2c3ncccc3C(=O)C[C@@H]2C1. The number of hydrogen-bond donors (Lipinski definition) is 0. The van der Waals surface area contributed by atoms with Crippen LogP contribution < -0.4 is 4.90 Å². The first-order valence-corrected chi connectivity index (χ1v) is 6.65. The molecule has 0 amide bonds. The lowest BCUT2D eigenvalue weighted by Crippen LogP contribution is -2.57. The van der Waals surface area contributed by atoms with Gasteiger partial charge in [-0.3, -0.25) is 9.69 Å². The number of aromatic nitrogens is 1. The second-order valence-electron chi connectivity index (χ2n) is 5.44. The minimum absolute atomic E-state index is 0.241. The molecule has 0 aromatic carbocycles. The first kappa shape index (κ1) is 11.7. The first-order valence-electron chi connectivity index (χ1n) is 6.65. The Balaban J connectivity index is 1.90. The van der Waals surface area contributed by atoms with E-state index in [0.29, 0.717) is 18.5 Å². The summed E-state index contributed by atoms with van der Waals surface area (Å²) in [5.74, 6) is 1.13. The maximum absolute atomic E-state index is 12.1. The molecule has 0 bridgehead atoms. The maximum atomic E-state index is 12.1. The van der Waals surface area contributed by atoms with Crippen molar-refractivity contribution in [2.45, 2.75) is 32.4 Å². The summed E-state index contributed by atoms with van der Waals surface area (Å²) in [6.45, 7) is 7.43. The lowest BCUT2D eigenvalue weighted by atomic mass is 9.95. The second-order valence-corrected chi connectivity index (χ2v) is 5.44. The number of hydrogen-bond acceptors (Lipinski definition) is 4. The average Bonchev–Trinajstić information content (AvgIpc) is 2.38. The van der Waals surface area contributed by atoms with Crippen LogP contribution in [0.3, 0.4) is 0 Å². The number of nitrogens with zero attached hydrogens (tertiary/aromatic N) is 3. The quantitative estimate of drug-likeness (QED) is 0.752. The molecule has 1 atom stereocenters. The van der Waals surface area contributed by atoms with Crippen molar-refractivity contribution in [2.24, 2.45) is 0 Å². The monoisotopic (exact) mass is 245 g/mol. The molecule has 1 fully saturated rings. The molecule has 0 unspecified atom stereocenters. The number of carbonyl (C=O) groups excluding carboxylic acids is 1. The summed E-state index contributed by atoms with van der Waals surface area (Å²) in [6, 6.07) is 4.60. The third kappa shape index (κ3) is 1.81. The fourth-order valence-electron chi connectivity index (χ4n) is 2.97. The van der Waals surface area contributed by atoms with Gasteiger partial charge in [0.15, 0.2) is 5.78 Å². The molecule has 18 heavy (non-hydrogen) atoms. The summed E-state index contributed by atoms with van der Waals surface area (Å²) in [6.07, 6.45) is 2.41. The van der Waals surface area contributed by atoms with Gasteiger partial charge < -0.3 is 4.90 Å². The summed E-state index contributed by atoms with van der Waals surface area (Å²) < 4.78 is 0. The number of anilines is 1. The van der Waals surface area contributed by atoms with Gasteiger partial charge in [0.05, 0.1) is 11.6 Å². The molecule has 96 valence electrons. The number of ketones is 1. The van der Waals surface area contributed by atoms with Crippen molar-refractivity contribution >= 4 is 11.6 Å². The van der Waals surface area contributed by atoms with Crippen molar-refractivity contribution in [3.63, 3.8) is 0 Å². The number of rotatable bonds is 1. The van der Waals surface area contributed by atoms with Gasteiger partial charge in [-0.25, -0.2) is 4.98 Å². The fraction of sp³-hybridized carbons (Fsp3) is 0.571. The zero-order valence-corrected chi connectivity index (χ0v) is 11.0. The molecular weight excluding hydrogens is 226 g/mol. The van der Waals surface area contributed by atoms with E-state index in [1.165, 1.54) is 0 Å². The van der Waals surface area contributed by atoms with Crippen molar-refractivity contribution in [3.8, 4) is 0 Å². The van der Waals surface area contributed by atoms with Gasteiger partial charge in [-0.15, -0.1) is 0 Å². The zero-order valence-electron chi connectivity index (χ0n) is 11.0. The lowest BCUT2D eigenvalue weighted by molar-refractivity contribution is 0.0932. The van der Waals surface area contributed by atoms with Gasteiger partial charge in [0.2, 0.25) is 0 Å². The molecule has 0 N–H and O–H groups in total. The third-order valence-electron chi connectivity index (χ3n) is 4.02. The van der Waals surface area contributed by atoms with Crippen LogP contribution in [-0.4, -0.2) is 47.4 Å². The van der Waals surface area contributed by atoms with Gasteiger partial charge in [0, 0.05) is 38.3 Å². The Bertz CT molecular complexity index is 472. The molecule has 2 aliphatic rings. The van der Waals surface area contributed by atoms with E-state index in [4.69, 9.17) is 0 Å². The highest BCUT2D eigenvalue weighted by molar-refractivity contribution is 6.02. The molecule has 0 radical (unpaired) electrons. The molecule has 0 aliphatic carbocycles. The third-order valence-corrected chi connectivity index (χ3v) is 4.02. The van der Waals surface area contributed by atoms with Crippen LogP contribution in [0.2, 0.25) is 0 Å². The van der Waals surface area contributed by atoms with Crippen molar-refractivity contribution in [2.75, 3.05) is 24.5 Å². The van der Waals surface area contributed by atoms with Gasteiger partial charge in [0.1, 0.15) is 5.82 Å². The molecule has 4 heteroatoms. The molecule has 3 heterocycles. The van der Waals surface area contributed by atoms with Crippen LogP contribution >= 0.6 is 0 Å². The summed E-state index contributed by atoms with van der Waals surface area (Å²) in [5, 5.41) is 0. The highest BCUT2D eigenvalue weighted by atomic mass is 16.1. The Hall–Kier alpha value is -1.42. The Morgan fingerprint density at radius 3 is 3.00 bits per heavy atom. The van der Waals surface area contributed by atoms with Crippen LogP contribution in [0.1, 0.15) is 30.6 Å². The van der Waals surface area contributed by atoms with E-state index < -0.39 is 0 Å². The smallest absolute Gasteiger partial charge is 0.168 e. The molecule has 1 aromatic rings. The highest BCUT2D eigenvalue weighted by Crippen LogP contribution is 2.30. The Morgan fingerprint density at radius 1 is 1.39 bits per heavy atom. The average molecular weight is 245 g/mol. The van der Waals surface area contributed by atoms with Crippen LogP contribution in [0.25, 0.3) is 0 Å². The molecule has 0 saturated carbocycles. The molecule has 4 nitrogen and oxygen atoms in total. The van der Waals surface area contributed by atoms with Gasteiger partial charge in [-0.1, -0.05) is 0 Å². The van der Waals surface area contributed by atoms with Gasteiger partial charge in [-0.05, 0) is 26.0 Å². The minimum Gasteiger partial charge on any atom is -0.350 e. The minimum atomic E-state index is 0.241. The van der Waals surface area contributed by atoms with E-state index in [2.05, 4.69) is 28.6 Å². The topological polar surface area (TPSA) is 36.4 Å². The van der Waals surface area contributed by atoms with Crippen molar-refractivity contribution in [3.05, 3.63) is 23.9 Å². The fourth-order valence-corrected chi connectivity index (χ4v) is 2.97. The summed E-state index contributed by atoms with van der Waals surface area (Å²) >= 11 is 0. The number of piperazine rings is 1. The van der Waals surface area contributed by atoms with Crippen LogP contribution in [-0.2, 0) is 0 Å². The number of fused-ring (bicyclic) bond motifs is 3. The van der Waals surface area contributed by atoms with E-state index in [9.17, 15) is 4.79 Å². The van der Waals surface area contributed by atoms with Crippen molar-refractivity contribution < 1.29 is 4.79 Å². The molecule has 1 saturated heterocycles. The van der Waals surface area contributed by atoms with E-state index in [1.807, 2.05) is 12.1 Å². The van der Waals surface area contributed by atoms with Crippen LogP contribution in [0.5, 0.6) is 0 Å². The normalized spacial score (nSPS) is 24.1. The standard InChI is InChI=1S/C14H19N3O/c1-10(2)16-6-7-17-11(9-16)8-13(18)12-4-3-5-15-14(12)17/h3-5,10-11H,6-9H2,1-2H3/t11-/m1/s1. The Labute approximate surface area is 108 Å². The van der Waals surface area contributed by atoms with Crippen molar-refractivity contribution in [1.82, 2.24) is 9.88 Å². The summed E-state index contributed by atoms with van der Waals surface area (Å²) in [7, 11) is 0. The van der Waals surface area contributed by atoms with Crippen LogP contribution in [0.15, 0.2) is 18.3 Å². The van der Waals surface area contributed by atoms with Crippen LogP contribution in [0, 0.1) is 0 Å². The lowest BCUT2D eigenvalue weighted by Gasteiger charge is -2.45. The predicted octanol–water partition coefficient (Wildman–Crippen LogP) is 1.57. The van der Waals surface area contributed by atoms with Crippen molar-refractivity contribution in [1.29, 1.82) is 0 Å². The molecule has 2 aliphatic heterocycles. The van der Waals surface area contributed by atoms with E-state index in [1.54, 1.807) is 6.20 Å². The van der Waals surface area contributed by atoms with Gasteiger partial charge >= 0.3 is 0 Å². The second kappa shape index (κ2) is 4.35. The van der Waals surface area contributed by atoms with E-state index in [0.717, 1.165) is 31.0 Å². The molecule has 1 aromatic heterocycles. The predicted molar refractivity (Wildman–Crippen MR) is 71.0 cm³/mol. The van der Waals surface area contributed by atoms with Gasteiger partial charge in [0.25, 0.3) is 0 Å². The molecular formula is C14H19N3O. The van der Waals surface area contributed by atoms with Gasteiger partial charge in [-0.2, -0.15) is 0 Å². The Morgan fingerprint density at radius 2 is 2.22 bits per heavy atom. The largest absolute Gasteiger partial charge is 0.350 e. The highest BCUT2D eigenvalue weighted by Gasteiger charge is 2.36. The maximum Gasteiger partial charge on any atom is 0.168 e. The number of pyridine rings is 1. The van der Waals surface area contributed by atoms with Crippen LogP contribution in [0.4, 0.5) is 5.82 Å². The first-order chi connectivity index (χ1) is 8.66. The summed E-state index contributed by atoms with van der Waals surface area (Å²) in [4.78, 5) is 21.3. The Kier molecular flexibility index (Phi) is 2.82. The van der Waals surface area contributed by atoms with E-state index in [-0.39, 0.29) is 5.78 Å². The molecule has 0 spiro atoms. The zero-order chi connectivity index (χ0) is 12.7. The summed E-state index contributed by atoms with van der Waals surface area (Å²) in [5.41, 5.74) is 0.798. The number of carbonyl (C=O) groups is 1. The van der Waals surface area contributed by atoms with E-state index >= 15 is 0 Å². The number of Topliss-reactive ketones (excluding diaryl/α,β-unsaturated/α-hetero) is 1.